The van der Waals surface area contributed by atoms with E-state index in [4.69, 9.17) is 0 Å². The predicted molar refractivity (Wildman–Crippen MR) is 76.9 cm³/mol. The molecule has 0 bridgehead atoms. The number of carbonyl (C=O) groups is 1. The lowest BCUT2D eigenvalue weighted by Gasteiger charge is -2.31. The number of piperidine rings is 1. The van der Waals surface area contributed by atoms with Crippen LogP contribution >= 0.6 is 0 Å². The van der Waals surface area contributed by atoms with Gasteiger partial charge < -0.3 is 15.0 Å². The summed E-state index contributed by atoms with van der Waals surface area (Å²) in [6.07, 6.45) is 0.511. The molecule has 0 aromatic carbocycles. The molecule has 2 rings (SSSR count). The fraction of sp³-hybridized carbons (Fsp3) is 0.643. The Labute approximate surface area is 132 Å². The van der Waals surface area contributed by atoms with E-state index in [1.807, 2.05) is 4.90 Å². The van der Waals surface area contributed by atoms with Gasteiger partial charge in [-0.1, -0.05) is 0 Å². The monoisotopic (exact) mass is 332 g/mol. The number of hydrogen-bond acceptors (Lipinski definition) is 5. The van der Waals surface area contributed by atoms with Crippen LogP contribution < -0.4 is 10.2 Å². The van der Waals surface area contributed by atoms with E-state index in [-0.39, 0.29) is 25.0 Å². The minimum absolute atomic E-state index is 0.0627. The van der Waals surface area contributed by atoms with E-state index in [0.717, 1.165) is 19.4 Å². The molecule has 6 nitrogen and oxygen atoms in total. The Morgan fingerprint density at radius 1 is 1.39 bits per heavy atom. The van der Waals surface area contributed by atoms with Crippen LogP contribution in [0.15, 0.2) is 18.5 Å². The molecule has 23 heavy (non-hydrogen) atoms. The van der Waals surface area contributed by atoms with Gasteiger partial charge in [-0.2, -0.15) is 13.2 Å². The summed E-state index contributed by atoms with van der Waals surface area (Å²) in [5.41, 5.74) is 0. The third-order valence-electron chi connectivity index (χ3n) is 3.44. The van der Waals surface area contributed by atoms with Crippen LogP contribution in [0.3, 0.4) is 0 Å². The number of nitrogens with one attached hydrogen (secondary N) is 1. The van der Waals surface area contributed by atoms with Crippen molar-refractivity contribution in [2.24, 2.45) is 5.92 Å². The molecular formula is C14H19F3N4O2. The van der Waals surface area contributed by atoms with Crippen LogP contribution in [0.4, 0.5) is 19.1 Å². The van der Waals surface area contributed by atoms with Crippen molar-refractivity contribution in [1.82, 2.24) is 15.3 Å². The van der Waals surface area contributed by atoms with Crippen LogP contribution in [-0.2, 0) is 9.53 Å². The van der Waals surface area contributed by atoms with Crippen molar-refractivity contribution in [3.05, 3.63) is 18.5 Å². The van der Waals surface area contributed by atoms with E-state index in [0.29, 0.717) is 12.5 Å². The number of halogens is 3. The Morgan fingerprint density at radius 2 is 2.13 bits per heavy atom. The van der Waals surface area contributed by atoms with Gasteiger partial charge in [-0.05, 0) is 18.9 Å². The van der Waals surface area contributed by atoms with Gasteiger partial charge in [0.15, 0.2) is 0 Å². The quantitative estimate of drug-likeness (QED) is 0.798. The zero-order valence-corrected chi connectivity index (χ0v) is 12.6. The van der Waals surface area contributed by atoms with Crippen LogP contribution in [-0.4, -0.2) is 54.9 Å². The van der Waals surface area contributed by atoms with Crippen LogP contribution in [0, 0.1) is 5.92 Å². The molecule has 2 heterocycles. The van der Waals surface area contributed by atoms with E-state index >= 15 is 0 Å². The topological polar surface area (TPSA) is 67.3 Å². The maximum atomic E-state index is 12.1. The largest absolute Gasteiger partial charge is 0.411 e. The lowest BCUT2D eigenvalue weighted by Crippen LogP contribution is -2.44. The van der Waals surface area contributed by atoms with Gasteiger partial charge in [-0.3, -0.25) is 4.79 Å². The first-order valence-corrected chi connectivity index (χ1v) is 7.40. The van der Waals surface area contributed by atoms with Crippen LogP contribution in [0.2, 0.25) is 0 Å². The fourth-order valence-electron chi connectivity index (χ4n) is 2.41. The number of alkyl halides is 3. The number of aromatic nitrogens is 2. The molecule has 0 radical (unpaired) electrons. The minimum atomic E-state index is -4.34. The SMILES string of the molecule is O=C(NCCOCC(F)(F)F)C1CCCN(c2ncccn2)C1. The zero-order valence-electron chi connectivity index (χ0n) is 12.6. The summed E-state index contributed by atoms with van der Waals surface area (Å²) in [5, 5.41) is 2.61. The highest BCUT2D eigenvalue weighted by Crippen LogP contribution is 2.20. The number of ether oxygens (including phenoxy) is 1. The third kappa shape index (κ3) is 6.01. The number of carbonyl (C=O) groups excluding carboxylic acids is 1. The summed E-state index contributed by atoms with van der Waals surface area (Å²) in [5.74, 6) is 0.176. The molecular weight excluding hydrogens is 313 g/mol. The lowest BCUT2D eigenvalue weighted by molar-refractivity contribution is -0.173. The molecule has 0 saturated carbocycles. The van der Waals surface area contributed by atoms with Crippen molar-refractivity contribution in [1.29, 1.82) is 0 Å². The van der Waals surface area contributed by atoms with Gasteiger partial charge in [-0.25, -0.2) is 9.97 Å². The molecule has 1 atom stereocenters. The summed E-state index contributed by atoms with van der Waals surface area (Å²) < 4.78 is 40.2. The van der Waals surface area contributed by atoms with Crippen LogP contribution in [0.25, 0.3) is 0 Å². The first-order chi connectivity index (χ1) is 11.0. The molecule has 1 aliphatic heterocycles. The Kier molecular flexibility index (Phi) is 6.14. The van der Waals surface area contributed by atoms with E-state index in [2.05, 4.69) is 20.0 Å². The Morgan fingerprint density at radius 3 is 2.83 bits per heavy atom. The second kappa shape index (κ2) is 8.09. The number of amides is 1. The van der Waals surface area contributed by atoms with Crippen molar-refractivity contribution < 1.29 is 22.7 Å². The molecule has 1 fully saturated rings. The summed E-state index contributed by atoms with van der Waals surface area (Å²) >= 11 is 0. The highest BCUT2D eigenvalue weighted by molar-refractivity contribution is 5.79. The van der Waals surface area contributed by atoms with Gasteiger partial charge in [0.2, 0.25) is 11.9 Å². The van der Waals surface area contributed by atoms with Gasteiger partial charge in [0.25, 0.3) is 0 Å². The molecule has 0 aliphatic carbocycles. The van der Waals surface area contributed by atoms with Gasteiger partial charge in [0.05, 0.1) is 12.5 Å². The maximum Gasteiger partial charge on any atom is 0.411 e. The highest BCUT2D eigenvalue weighted by atomic mass is 19.4. The maximum absolute atomic E-state index is 12.1. The molecule has 128 valence electrons. The number of hydrogen-bond donors (Lipinski definition) is 1. The summed E-state index contributed by atoms with van der Waals surface area (Å²) in [4.78, 5) is 22.3. The highest BCUT2D eigenvalue weighted by Gasteiger charge is 2.28. The van der Waals surface area contributed by atoms with Crippen LogP contribution in [0.1, 0.15) is 12.8 Å². The molecule has 0 spiro atoms. The van der Waals surface area contributed by atoms with Gasteiger partial charge in [-0.15, -0.1) is 0 Å². The van der Waals surface area contributed by atoms with Gasteiger partial charge >= 0.3 is 6.18 Å². The Bertz CT molecular complexity index is 499. The first kappa shape index (κ1) is 17.5. The number of anilines is 1. The molecule has 9 heteroatoms. The average molecular weight is 332 g/mol. The van der Waals surface area contributed by atoms with E-state index in [1.54, 1.807) is 18.5 Å². The Hall–Kier alpha value is -1.90. The lowest BCUT2D eigenvalue weighted by atomic mass is 9.97. The molecule has 1 aromatic rings. The predicted octanol–water partition coefficient (Wildman–Crippen LogP) is 1.39. The molecule has 1 N–H and O–H groups in total. The fourth-order valence-corrected chi connectivity index (χ4v) is 2.41. The molecule has 1 saturated heterocycles. The summed E-state index contributed by atoms with van der Waals surface area (Å²) in [7, 11) is 0. The van der Waals surface area contributed by atoms with Crippen molar-refractivity contribution in [3.8, 4) is 0 Å². The smallest absolute Gasteiger partial charge is 0.370 e. The standard InChI is InChI=1S/C14H19F3N4O2/c15-14(16,17)10-23-8-6-18-12(22)11-3-1-7-21(9-11)13-19-4-2-5-20-13/h2,4-5,11H,1,3,6-10H2,(H,18,22). The Balaban J connectivity index is 1.72. The number of nitrogens with zero attached hydrogens (tertiary/aromatic N) is 3. The van der Waals surface area contributed by atoms with Crippen LogP contribution in [0.5, 0.6) is 0 Å². The van der Waals surface area contributed by atoms with Crippen molar-refractivity contribution >= 4 is 11.9 Å². The third-order valence-corrected chi connectivity index (χ3v) is 3.44. The first-order valence-electron chi connectivity index (χ1n) is 7.40. The second-order valence-electron chi connectivity index (χ2n) is 5.29. The average Bonchev–Trinajstić information content (AvgIpc) is 2.54. The molecule has 1 aromatic heterocycles. The zero-order chi connectivity index (χ0) is 16.7. The van der Waals surface area contributed by atoms with Crippen molar-refractivity contribution in [2.75, 3.05) is 37.7 Å². The molecule has 1 unspecified atom stereocenters. The normalized spacial score (nSPS) is 18.7. The van der Waals surface area contributed by atoms with Gasteiger partial charge in [0.1, 0.15) is 6.61 Å². The molecule has 1 aliphatic rings. The van der Waals surface area contributed by atoms with E-state index < -0.39 is 12.8 Å². The summed E-state index contributed by atoms with van der Waals surface area (Å²) in [6.45, 7) is -0.121. The van der Waals surface area contributed by atoms with E-state index in [1.165, 1.54) is 0 Å². The van der Waals surface area contributed by atoms with Crippen molar-refractivity contribution in [2.45, 2.75) is 19.0 Å². The van der Waals surface area contributed by atoms with E-state index in [9.17, 15) is 18.0 Å². The van der Waals surface area contributed by atoms with Crippen molar-refractivity contribution in [3.63, 3.8) is 0 Å². The van der Waals surface area contributed by atoms with Gasteiger partial charge in [0, 0.05) is 32.0 Å². The molecule has 1 amide bonds. The second-order valence-corrected chi connectivity index (χ2v) is 5.29. The minimum Gasteiger partial charge on any atom is -0.370 e. The number of rotatable bonds is 6. The summed E-state index contributed by atoms with van der Waals surface area (Å²) in [6, 6.07) is 1.72.